The molecule has 1 atom stereocenters. The lowest BCUT2D eigenvalue weighted by Gasteiger charge is -2.30. The van der Waals surface area contributed by atoms with Crippen molar-refractivity contribution in [2.24, 2.45) is 5.92 Å². The third-order valence-electron chi connectivity index (χ3n) is 3.73. The summed E-state index contributed by atoms with van der Waals surface area (Å²) in [7, 11) is 0. The predicted molar refractivity (Wildman–Crippen MR) is 78.4 cm³/mol. The van der Waals surface area contributed by atoms with Gasteiger partial charge in [0.1, 0.15) is 5.75 Å². The van der Waals surface area contributed by atoms with Gasteiger partial charge in [-0.05, 0) is 31.4 Å². The second kappa shape index (κ2) is 7.93. The fraction of sp³-hybridized carbons (Fsp3) is 0.588. The molecule has 0 N–H and O–H groups in total. The van der Waals surface area contributed by atoms with Gasteiger partial charge in [-0.1, -0.05) is 44.4 Å². The SMILES string of the molecule is CCCC(=O)OC(Oc1ccccc1)C1CCCCC1. The second-order valence-electron chi connectivity index (χ2n) is 5.44. The summed E-state index contributed by atoms with van der Waals surface area (Å²) in [5, 5.41) is 0. The maximum absolute atomic E-state index is 11.8. The van der Waals surface area contributed by atoms with E-state index in [0.717, 1.165) is 25.0 Å². The van der Waals surface area contributed by atoms with E-state index in [1.807, 2.05) is 37.3 Å². The van der Waals surface area contributed by atoms with E-state index in [1.54, 1.807) is 0 Å². The van der Waals surface area contributed by atoms with Gasteiger partial charge in [-0.25, -0.2) is 0 Å². The number of hydrogen-bond donors (Lipinski definition) is 0. The molecule has 0 aliphatic heterocycles. The summed E-state index contributed by atoms with van der Waals surface area (Å²) in [5.41, 5.74) is 0. The summed E-state index contributed by atoms with van der Waals surface area (Å²) in [6, 6.07) is 9.63. The number of carbonyl (C=O) groups is 1. The number of para-hydroxylation sites is 1. The molecule has 110 valence electrons. The van der Waals surface area contributed by atoms with Gasteiger partial charge in [-0.15, -0.1) is 0 Å². The molecular formula is C17H24O3. The van der Waals surface area contributed by atoms with Crippen LogP contribution in [0.2, 0.25) is 0 Å². The standard InChI is InChI=1S/C17H24O3/c1-2-9-16(18)20-17(14-10-5-3-6-11-14)19-15-12-7-4-8-13-15/h4,7-8,12-14,17H,2-3,5-6,9-11H2,1H3. The maximum Gasteiger partial charge on any atom is 0.308 e. The van der Waals surface area contributed by atoms with E-state index < -0.39 is 6.29 Å². The minimum absolute atomic E-state index is 0.154. The summed E-state index contributed by atoms with van der Waals surface area (Å²) >= 11 is 0. The second-order valence-corrected chi connectivity index (χ2v) is 5.44. The van der Waals surface area contributed by atoms with Crippen molar-refractivity contribution >= 4 is 5.97 Å². The Labute approximate surface area is 121 Å². The van der Waals surface area contributed by atoms with Crippen molar-refractivity contribution in [2.75, 3.05) is 0 Å². The molecule has 1 aliphatic rings. The molecule has 1 fully saturated rings. The summed E-state index contributed by atoms with van der Waals surface area (Å²) in [5.74, 6) is 0.941. The number of hydrogen-bond acceptors (Lipinski definition) is 3. The van der Waals surface area contributed by atoms with Crippen LogP contribution in [0.5, 0.6) is 5.75 Å². The third-order valence-corrected chi connectivity index (χ3v) is 3.73. The lowest BCUT2D eigenvalue weighted by molar-refractivity contribution is -0.173. The van der Waals surface area contributed by atoms with Gasteiger partial charge in [-0.3, -0.25) is 4.79 Å². The monoisotopic (exact) mass is 276 g/mol. The van der Waals surface area contributed by atoms with Crippen LogP contribution in [0.3, 0.4) is 0 Å². The molecule has 0 saturated heterocycles. The molecule has 1 saturated carbocycles. The predicted octanol–water partition coefficient (Wildman–Crippen LogP) is 4.32. The van der Waals surface area contributed by atoms with E-state index in [4.69, 9.17) is 9.47 Å². The first-order valence-electron chi connectivity index (χ1n) is 7.70. The first kappa shape index (κ1) is 14.9. The van der Waals surface area contributed by atoms with E-state index in [-0.39, 0.29) is 5.97 Å². The highest BCUT2D eigenvalue weighted by Gasteiger charge is 2.28. The average Bonchev–Trinajstić information content (AvgIpc) is 2.49. The Bertz CT molecular complexity index is 396. The third kappa shape index (κ3) is 4.55. The normalized spacial score (nSPS) is 17.4. The van der Waals surface area contributed by atoms with Crippen LogP contribution in [-0.2, 0) is 9.53 Å². The van der Waals surface area contributed by atoms with Crippen molar-refractivity contribution < 1.29 is 14.3 Å². The Morgan fingerprint density at radius 3 is 2.55 bits per heavy atom. The van der Waals surface area contributed by atoms with Gasteiger partial charge < -0.3 is 9.47 Å². The molecule has 0 spiro atoms. The largest absolute Gasteiger partial charge is 0.454 e. The van der Waals surface area contributed by atoms with E-state index in [2.05, 4.69) is 0 Å². The van der Waals surface area contributed by atoms with E-state index in [9.17, 15) is 4.79 Å². The molecule has 2 rings (SSSR count). The summed E-state index contributed by atoms with van der Waals surface area (Å²) in [4.78, 5) is 11.8. The Kier molecular flexibility index (Phi) is 5.90. The molecule has 3 nitrogen and oxygen atoms in total. The van der Waals surface area contributed by atoms with Crippen molar-refractivity contribution in [1.82, 2.24) is 0 Å². The van der Waals surface area contributed by atoms with E-state index >= 15 is 0 Å². The van der Waals surface area contributed by atoms with Gasteiger partial charge in [0, 0.05) is 12.3 Å². The molecule has 1 aromatic rings. The van der Waals surface area contributed by atoms with Gasteiger partial charge in [0.25, 0.3) is 0 Å². The number of esters is 1. The Morgan fingerprint density at radius 1 is 1.20 bits per heavy atom. The van der Waals surface area contributed by atoms with Crippen molar-refractivity contribution in [3.05, 3.63) is 30.3 Å². The quantitative estimate of drug-likeness (QED) is 0.573. The fourth-order valence-corrected chi connectivity index (χ4v) is 2.65. The average molecular weight is 276 g/mol. The molecule has 0 aromatic heterocycles. The molecular weight excluding hydrogens is 252 g/mol. The number of rotatable bonds is 6. The minimum Gasteiger partial charge on any atom is -0.454 e. The van der Waals surface area contributed by atoms with Crippen molar-refractivity contribution in [1.29, 1.82) is 0 Å². The topological polar surface area (TPSA) is 35.5 Å². The minimum atomic E-state index is -0.434. The molecule has 1 unspecified atom stereocenters. The van der Waals surface area contributed by atoms with Crippen LogP contribution in [-0.4, -0.2) is 12.3 Å². The maximum atomic E-state index is 11.8. The van der Waals surface area contributed by atoms with Crippen LogP contribution >= 0.6 is 0 Å². The van der Waals surface area contributed by atoms with Crippen molar-refractivity contribution in [2.45, 2.75) is 58.2 Å². The smallest absolute Gasteiger partial charge is 0.308 e. The zero-order valence-electron chi connectivity index (χ0n) is 12.2. The number of ether oxygens (including phenoxy) is 2. The van der Waals surface area contributed by atoms with Crippen molar-refractivity contribution in [3.8, 4) is 5.75 Å². The van der Waals surface area contributed by atoms with Crippen LogP contribution in [0.1, 0.15) is 51.9 Å². The number of benzene rings is 1. The molecule has 3 heteroatoms. The van der Waals surface area contributed by atoms with Crippen LogP contribution < -0.4 is 4.74 Å². The summed E-state index contributed by atoms with van der Waals surface area (Å²) < 4.78 is 11.5. The van der Waals surface area contributed by atoms with Crippen LogP contribution in [0.15, 0.2) is 30.3 Å². The highest BCUT2D eigenvalue weighted by atomic mass is 16.7. The highest BCUT2D eigenvalue weighted by molar-refractivity contribution is 5.69. The van der Waals surface area contributed by atoms with Crippen LogP contribution in [0, 0.1) is 5.92 Å². The van der Waals surface area contributed by atoms with Crippen LogP contribution in [0.25, 0.3) is 0 Å². The van der Waals surface area contributed by atoms with Crippen LogP contribution in [0.4, 0.5) is 0 Å². The first-order chi connectivity index (χ1) is 9.79. The lowest BCUT2D eigenvalue weighted by atomic mass is 9.89. The molecule has 0 amide bonds. The molecule has 0 radical (unpaired) electrons. The fourth-order valence-electron chi connectivity index (χ4n) is 2.65. The Hall–Kier alpha value is -1.51. The van der Waals surface area contributed by atoms with E-state index in [1.165, 1.54) is 19.3 Å². The Morgan fingerprint density at radius 2 is 1.90 bits per heavy atom. The van der Waals surface area contributed by atoms with Gasteiger partial charge in [-0.2, -0.15) is 0 Å². The zero-order chi connectivity index (χ0) is 14.2. The van der Waals surface area contributed by atoms with E-state index in [0.29, 0.717) is 12.3 Å². The zero-order valence-corrected chi connectivity index (χ0v) is 12.2. The molecule has 0 bridgehead atoms. The van der Waals surface area contributed by atoms with Gasteiger partial charge in [0.2, 0.25) is 6.29 Å². The summed E-state index contributed by atoms with van der Waals surface area (Å²) in [6.07, 6.45) is 6.67. The summed E-state index contributed by atoms with van der Waals surface area (Å²) in [6.45, 7) is 1.98. The van der Waals surface area contributed by atoms with Crippen molar-refractivity contribution in [3.63, 3.8) is 0 Å². The molecule has 1 aliphatic carbocycles. The van der Waals surface area contributed by atoms with Gasteiger partial charge in [0.15, 0.2) is 0 Å². The number of carbonyl (C=O) groups excluding carboxylic acids is 1. The Balaban J connectivity index is 2.00. The van der Waals surface area contributed by atoms with Gasteiger partial charge >= 0.3 is 5.97 Å². The van der Waals surface area contributed by atoms with Gasteiger partial charge in [0.05, 0.1) is 0 Å². The lowest BCUT2D eigenvalue weighted by Crippen LogP contribution is -2.33. The highest BCUT2D eigenvalue weighted by Crippen LogP contribution is 2.29. The molecule has 1 aromatic carbocycles. The molecule has 20 heavy (non-hydrogen) atoms. The molecule has 0 heterocycles. The first-order valence-corrected chi connectivity index (χ1v) is 7.70.